The van der Waals surface area contributed by atoms with Gasteiger partial charge in [0.05, 0.1) is 24.0 Å². The van der Waals surface area contributed by atoms with E-state index in [9.17, 15) is 9.59 Å². The normalized spacial score (nSPS) is 47.6. The van der Waals surface area contributed by atoms with Gasteiger partial charge in [-0.05, 0) is 38.6 Å². The van der Waals surface area contributed by atoms with Crippen LogP contribution in [0.15, 0.2) is 0 Å². The highest BCUT2D eigenvalue weighted by Gasteiger charge is 2.61. The Balaban J connectivity index is 1.62. The zero-order valence-corrected chi connectivity index (χ0v) is 15.4. The van der Waals surface area contributed by atoms with Gasteiger partial charge in [0.1, 0.15) is 6.10 Å². The van der Waals surface area contributed by atoms with E-state index in [2.05, 4.69) is 4.90 Å². The maximum Gasteiger partial charge on any atom is 0.309 e. The van der Waals surface area contributed by atoms with Gasteiger partial charge >= 0.3 is 11.9 Å². The summed E-state index contributed by atoms with van der Waals surface area (Å²) in [4.78, 5) is 26.6. The number of fused-ring (bicyclic) bond motifs is 2. The highest BCUT2D eigenvalue weighted by molar-refractivity contribution is 5.75. The molecule has 0 radical (unpaired) electrons. The van der Waals surface area contributed by atoms with E-state index in [1.54, 1.807) is 7.11 Å². The van der Waals surface area contributed by atoms with Crippen molar-refractivity contribution in [1.29, 1.82) is 0 Å². The van der Waals surface area contributed by atoms with E-state index >= 15 is 0 Å². The Morgan fingerprint density at radius 1 is 1.12 bits per heavy atom. The van der Waals surface area contributed by atoms with Gasteiger partial charge in [-0.15, -0.1) is 0 Å². The zero-order chi connectivity index (χ0) is 17.8. The molecule has 4 fully saturated rings. The van der Waals surface area contributed by atoms with Crippen molar-refractivity contribution in [3.63, 3.8) is 0 Å². The van der Waals surface area contributed by atoms with Gasteiger partial charge in [0.25, 0.3) is 0 Å². The number of hydrogen-bond donors (Lipinski definition) is 0. The first kappa shape index (κ1) is 17.3. The monoisotopic (exact) mass is 351 g/mol. The Labute approximate surface area is 149 Å². The average molecular weight is 351 g/mol. The van der Waals surface area contributed by atoms with Gasteiger partial charge in [0.15, 0.2) is 5.60 Å². The van der Waals surface area contributed by atoms with Gasteiger partial charge in [0, 0.05) is 19.6 Å². The molecule has 140 valence electrons. The van der Waals surface area contributed by atoms with E-state index < -0.39 is 5.60 Å². The Morgan fingerprint density at radius 3 is 2.52 bits per heavy atom. The number of ether oxygens (including phenoxy) is 3. The minimum Gasteiger partial charge on any atom is -0.460 e. The van der Waals surface area contributed by atoms with Crippen molar-refractivity contribution in [3.8, 4) is 0 Å². The lowest BCUT2D eigenvalue weighted by Gasteiger charge is -2.42. The molecule has 6 heteroatoms. The van der Waals surface area contributed by atoms with E-state index in [1.807, 2.05) is 13.8 Å². The number of hydrogen-bond acceptors (Lipinski definition) is 6. The molecule has 6 nitrogen and oxygen atoms in total. The van der Waals surface area contributed by atoms with Crippen LogP contribution in [-0.2, 0) is 23.8 Å². The minimum atomic E-state index is -0.551. The Kier molecular flexibility index (Phi) is 4.31. The first-order valence-corrected chi connectivity index (χ1v) is 9.68. The standard InChI is InChI=1S/C19H29NO5/c1-11-9-14(24-17(11)21)13-6-7-15-19(10-12(2)18(22)25-19)16(23-3)5-4-8-20(13)15/h11-16H,4-10H2,1-3H3/t11-,12?,13-,14+,15-,16+,19-/m0/s1. The van der Waals surface area contributed by atoms with Gasteiger partial charge in [0.2, 0.25) is 0 Å². The highest BCUT2D eigenvalue weighted by atomic mass is 16.6. The molecular formula is C19H29NO5. The fraction of sp³-hybridized carbons (Fsp3) is 0.895. The summed E-state index contributed by atoms with van der Waals surface area (Å²) in [5.41, 5.74) is -0.551. The maximum absolute atomic E-state index is 12.3. The van der Waals surface area contributed by atoms with E-state index in [0.29, 0.717) is 0 Å². The molecule has 25 heavy (non-hydrogen) atoms. The van der Waals surface area contributed by atoms with Crippen LogP contribution in [-0.4, -0.2) is 60.4 Å². The van der Waals surface area contributed by atoms with Crippen molar-refractivity contribution >= 4 is 11.9 Å². The third kappa shape index (κ3) is 2.60. The number of nitrogens with zero attached hydrogens (tertiary/aromatic N) is 1. The first-order valence-electron chi connectivity index (χ1n) is 9.68. The van der Waals surface area contributed by atoms with Crippen LogP contribution in [0, 0.1) is 11.8 Å². The van der Waals surface area contributed by atoms with Crippen LogP contribution in [0.3, 0.4) is 0 Å². The lowest BCUT2D eigenvalue weighted by molar-refractivity contribution is -0.172. The van der Waals surface area contributed by atoms with E-state index in [4.69, 9.17) is 14.2 Å². The van der Waals surface area contributed by atoms with E-state index in [-0.39, 0.29) is 48.1 Å². The van der Waals surface area contributed by atoms with Crippen LogP contribution in [0.25, 0.3) is 0 Å². The number of methoxy groups -OCH3 is 1. The molecule has 7 atom stereocenters. The molecule has 0 aromatic carbocycles. The molecule has 4 saturated heterocycles. The largest absolute Gasteiger partial charge is 0.460 e. The zero-order valence-electron chi connectivity index (χ0n) is 15.4. The van der Waals surface area contributed by atoms with Crippen molar-refractivity contribution in [2.75, 3.05) is 13.7 Å². The van der Waals surface area contributed by atoms with Gasteiger partial charge in [-0.3, -0.25) is 14.5 Å². The summed E-state index contributed by atoms with van der Waals surface area (Å²) in [6, 6.07) is 0.398. The number of esters is 2. The molecule has 4 aliphatic rings. The third-order valence-corrected chi connectivity index (χ3v) is 6.84. The molecule has 0 aromatic rings. The summed E-state index contributed by atoms with van der Waals surface area (Å²) in [6.07, 6.45) is 5.29. The van der Waals surface area contributed by atoms with Gasteiger partial charge < -0.3 is 14.2 Å². The number of rotatable bonds is 2. The quantitative estimate of drug-likeness (QED) is 0.708. The smallest absolute Gasteiger partial charge is 0.309 e. The molecule has 0 aliphatic carbocycles. The summed E-state index contributed by atoms with van der Waals surface area (Å²) < 4.78 is 17.5. The molecule has 0 aromatic heterocycles. The summed E-state index contributed by atoms with van der Waals surface area (Å²) in [5.74, 6) is -0.274. The van der Waals surface area contributed by atoms with Crippen LogP contribution in [0.4, 0.5) is 0 Å². The van der Waals surface area contributed by atoms with Crippen LogP contribution < -0.4 is 0 Å². The molecule has 0 amide bonds. The van der Waals surface area contributed by atoms with Crippen molar-refractivity contribution in [1.82, 2.24) is 4.90 Å². The fourth-order valence-electron chi connectivity index (χ4n) is 5.66. The summed E-state index contributed by atoms with van der Waals surface area (Å²) in [6.45, 7) is 4.84. The number of carbonyl (C=O) groups excluding carboxylic acids is 2. The van der Waals surface area contributed by atoms with Crippen molar-refractivity contribution in [2.45, 2.75) is 82.3 Å². The molecule has 0 N–H and O–H groups in total. The highest BCUT2D eigenvalue weighted by Crippen LogP contribution is 2.48. The van der Waals surface area contributed by atoms with Crippen LogP contribution in [0.5, 0.6) is 0 Å². The van der Waals surface area contributed by atoms with Crippen LogP contribution in [0.1, 0.15) is 52.4 Å². The topological polar surface area (TPSA) is 65.1 Å². The molecule has 0 bridgehead atoms. The second kappa shape index (κ2) is 6.23. The lowest BCUT2D eigenvalue weighted by atomic mass is 9.81. The van der Waals surface area contributed by atoms with Crippen molar-refractivity contribution in [2.24, 2.45) is 11.8 Å². The number of carbonyl (C=O) groups is 2. The second-order valence-corrected chi connectivity index (χ2v) is 8.36. The summed E-state index contributed by atoms with van der Waals surface area (Å²) >= 11 is 0. The van der Waals surface area contributed by atoms with Crippen LogP contribution in [0.2, 0.25) is 0 Å². The molecule has 4 heterocycles. The molecular weight excluding hydrogens is 322 g/mol. The molecule has 1 spiro atoms. The molecule has 0 saturated carbocycles. The minimum absolute atomic E-state index is 0.0129. The predicted molar refractivity (Wildman–Crippen MR) is 89.8 cm³/mol. The summed E-state index contributed by atoms with van der Waals surface area (Å²) in [7, 11) is 1.73. The van der Waals surface area contributed by atoms with E-state index in [0.717, 1.165) is 45.1 Å². The Bertz CT molecular complexity index is 566. The van der Waals surface area contributed by atoms with Gasteiger partial charge in [-0.2, -0.15) is 0 Å². The van der Waals surface area contributed by atoms with Gasteiger partial charge in [-0.25, -0.2) is 0 Å². The summed E-state index contributed by atoms with van der Waals surface area (Å²) in [5, 5.41) is 0. The molecule has 4 rings (SSSR count). The number of cyclic esters (lactones) is 1. The fourth-order valence-corrected chi connectivity index (χ4v) is 5.66. The predicted octanol–water partition coefficient (Wildman–Crippen LogP) is 1.90. The van der Waals surface area contributed by atoms with Crippen molar-refractivity contribution < 1.29 is 23.8 Å². The van der Waals surface area contributed by atoms with Gasteiger partial charge in [-0.1, -0.05) is 13.8 Å². The Hall–Kier alpha value is -1.14. The van der Waals surface area contributed by atoms with Crippen LogP contribution >= 0.6 is 0 Å². The average Bonchev–Trinajstić information content (AvgIpc) is 3.19. The molecule has 1 unspecified atom stereocenters. The molecule has 4 aliphatic heterocycles. The lowest BCUT2D eigenvalue weighted by Crippen LogP contribution is -2.57. The third-order valence-electron chi connectivity index (χ3n) is 6.84. The first-order chi connectivity index (χ1) is 12.0. The van der Waals surface area contributed by atoms with Crippen molar-refractivity contribution in [3.05, 3.63) is 0 Å². The second-order valence-electron chi connectivity index (χ2n) is 8.36. The Morgan fingerprint density at radius 2 is 1.92 bits per heavy atom. The van der Waals surface area contributed by atoms with E-state index in [1.165, 1.54) is 0 Å². The SMILES string of the molecule is CO[C@@H]1CCCN2[C@@H](CC[C@H]2[C@H]2C[C@H](C)C(=O)O2)[C@@]12CC(C)C(=O)O2. The maximum atomic E-state index is 12.3.